The van der Waals surface area contributed by atoms with Crippen molar-refractivity contribution in [2.75, 3.05) is 13.6 Å². The van der Waals surface area contributed by atoms with E-state index in [0.717, 1.165) is 44.0 Å². The summed E-state index contributed by atoms with van der Waals surface area (Å²) >= 11 is 0. The molecule has 2 aliphatic heterocycles. The molecule has 94 valence electrons. The van der Waals surface area contributed by atoms with E-state index >= 15 is 0 Å². The molecule has 3 heterocycles. The lowest BCUT2D eigenvalue weighted by molar-refractivity contribution is 0.130. The van der Waals surface area contributed by atoms with Gasteiger partial charge in [-0.1, -0.05) is 6.42 Å². The van der Waals surface area contributed by atoms with E-state index in [1.165, 1.54) is 12.8 Å². The lowest BCUT2D eigenvalue weighted by Gasteiger charge is -2.30. The van der Waals surface area contributed by atoms with Crippen LogP contribution < -0.4 is 0 Å². The van der Waals surface area contributed by atoms with Crippen molar-refractivity contribution in [1.82, 2.24) is 19.7 Å². The molecule has 1 aromatic rings. The van der Waals surface area contributed by atoms with E-state index in [9.17, 15) is 5.11 Å². The predicted molar refractivity (Wildman–Crippen MR) is 63.4 cm³/mol. The Morgan fingerprint density at radius 1 is 1.18 bits per heavy atom. The summed E-state index contributed by atoms with van der Waals surface area (Å²) in [5, 5.41) is 14.5. The highest BCUT2D eigenvalue weighted by atomic mass is 16.3. The first kappa shape index (κ1) is 11.2. The van der Waals surface area contributed by atoms with Crippen LogP contribution in [0.4, 0.5) is 0 Å². The number of fused-ring (bicyclic) bond motifs is 1. The van der Waals surface area contributed by atoms with Crippen molar-refractivity contribution in [2.45, 2.75) is 50.8 Å². The van der Waals surface area contributed by atoms with Crippen LogP contribution in [0, 0.1) is 0 Å². The number of piperidine rings is 1. The molecule has 0 saturated carbocycles. The summed E-state index contributed by atoms with van der Waals surface area (Å²) in [4.78, 5) is 6.90. The quantitative estimate of drug-likeness (QED) is 0.797. The second-order valence-corrected chi connectivity index (χ2v) is 5.20. The fourth-order valence-electron chi connectivity index (χ4n) is 2.89. The Balaban J connectivity index is 1.88. The van der Waals surface area contributed by atoms with E-state index < -0.39 is 6.10 Å². The van der Waals surface area contributed by atoms with Gasteiger partial charge in [0.15, 0.2) is 11.6 Å². The highest BCUT2D eigenvalue weighted by Crippen LogP contribution is 2.30. The van der Waals surface area contributed by atoms with Gasteiger partial charge in [-0.15, -0.1) is 0 Å². The lowest BCUT2D eigenvalue weighted by Crippen LogP contribution is -2.30. The third kappa shape index (κ3) is 1.98. The minimum absolute atomic E-state index is 0.342. The van der Waals surface area contributed by atoms with Gasteiger partial charge in [-0.05, 0) is 39.3 Å². The Morgan fingerprint density at radius 2 is 2.06 bits per heavy atom. The highest BCUT2D eigenvalue weighted by molar-refractivity contribution is 5.04. The van der Waals surface area contributed by atoms with Crippen molar-refractivity contribution in [2.24, 2.45) is 0 Å². The first-order valence-electron chi connectivity index (χ1n) is 6.58. The number of rotatable bonds is 1. The van der Waals surface area contributed by atoms with Crippen molar-refractivity contribution in [3.05, 3.63) is 11.6 Å². The number of likely N-dealkylation sites (tertiary alicyclic amines) is 1. The topological polar surface area (TPSA) is 54.2 Å². The average molecular weight is 236 g/mol. The minimum Gasteiger partial charge on any atom is -0.385 e. The fourth-order valence-corrected chi connectivity index (χ4v) is 2.89. The first-order valence-corrected chi connectivity index (χ1v) is 6.58. The van der Waals surface area contributed by atoms with Gasteiger partial charge in [-0.25, -0.2) is 9.67 Å². The third-order valence-electron chi connectivity index (χ3n) is 3.93. The smallest absolute Gasteiger partial charge is 0.168 e. The maximum Gasteiger partial charge on any atom is 0.168 e. The molecule has 0 bridgehead atoms. The van der Waals surface area contributed by atoms with Crippen molar-refractivity contribution >= 4 is 0 Å². The molecule has 0 aromatic carbocycles. The maximum atomic E-state index is 9.90. The van der Waals surface area contributed by atoms with Crippen molar-refractivity contribution < 1.29 is 5.11 Å². The second-order valence-electron chi connectivity index (χ2n) is 5.20. The number of aryl methyl sites for hydroxylation is 1. The summed E-state index contributed by atoms with van der Waals surface area (Å²) in [5.74, 6) is 1.67. The summed E-state index contributed by atoms with van der Waals surface area (Å²) in [6.45, 7) is 2.02. The first-order chi connectivity index (χ1) is 8.25. The summed E-state index contributed by atoms with van der Waals surface area (Å²) in [6, 6.07) is 0.342. The molecule has 0 spiro atoms. The van der Waals surface area contributed by atoms with Gasteiger partial charge in [0, 0.05) is 6.54 Å². The van der Waals surface area contributed by atoms with Crippen LogP contribution in [-0.2, 0) is 6.54 Å². The predicted octanol–water partition coefficient (Wildman–Crippen LogP) is 1.26. The molecule has 2 unspecified atom stereocenters. The van der Waals surface area contributed by atoms with E-state index in [1.54, 1.807) is 0 Å². The summed E-state index contributed by atoms with van der Waals surface area (Å²) < 4.78 is 1.89. The summed E-state index contributed by atoms with van der Waals surface area (Å²) in [5.41, 5.74) is 0. The summed E-state index contributed by atoms with van der Waals surface area (Å²) in [7, 11) is 2.14. The molecular formula is C12H20N4O. The van der Waals surface area contributed by atoms with E-state index in [-0.39, 0.29) is 0 Å². The van der Waals surface area contributed by atoms with Crippen LogP contribution in [0.25, 0.3) is 0 Å². The van der Waals surface area contributed by atoms with E-state index in [2.05, 4.69) is 22.0 Å². The van der Waals surface area contributed by atoms with Gasteiger partial charge >= 0.3 is 0 Å². The molecule has 0 aliphatic carbocycles. The standard InChI is InChI=1S/C12H20N4O/c1-15-7-3-2-5-9(15)11-13-12-10(17)6-4-8-16(12)14-11/h9-10,17H,2-8H2,1H3. The highest BCUT2D eigenvalue weighted by Gasteiger charge is 2.28. The van der Waals surface area contributed by atoms with Crippen LogP contribution >= 0.6 is 0 Å². The Morgan fingerprint density at radius 3 is 2.82 bits per heavy atom. The molecular weight excluding hydrogens is 216 g/mol. The van der Waals surface area contributed by atoms with Crippen LogP contribution in [0.5, 0.6) is 0 Å². The lowest BCUT2D eigenvalue weighted by atomic mass is 10.0. The van der Waals surface area contributed by atoms with Crippen LogP contribution in [0.2, 0.25) is 0 Å². The van der Waals surface area contributed by atoms with Crippen LogP contribution in [0.1, 0.15) is 55.9 Å². The number of aromatic nitrogens is 3. The molecule has 17 heavy (non-hydrogen) atoms. The van der Waals surface area contributed by atoms with Crippen molar-refractivity contribution in [3.8, 4) is 0 Å². The van der Waals surface area contributed by atoms with Gasteiger partial charge in [-0.2, -0.15) is 5.10 Å². The molecule has 5 heteroatoms. The Hall–Kier alpha value is -0.940. The largest absolute Gasteiger partial charge is 0.385 e. The molecule has 0 amide bonds. The molecule has 1 N–H and O–H groups in total. The minimum atomic E-state index is -0.418. The third-order valence-corrected chi connectivity index (χ3v) is 3.93. The average Bonchev–Trinajstić information content (AvgIpc) is 2.75. The zero-order valence-corrected chi connectivity index (χ0v) is 10.3. The number of hydrogen-bond donors (Lipinski definition) is 1. The number of nitrogens with zero attached hydrogens (tertiary/aromatic N) is 4. The summed E-state index contributed by atoms with van der Waals surface area (Å²) in [6.07, 6.45) is 5.05. The van der Waals surface area contributed by atoms with Crippen LogP contribution in [0.15, 0.2) is 0 Å². The normalized spacial score (nSPS) is 30.2. The number of hydrogen-bond acceptors (Lipinski definition) is 4. The molecule has 1 saturated heterocycles. The Bertz CT molecular complexity index is 403. The Kier molecular flexibility index (Phi) is 2.88. The molecule has 1 aromatic heterocycles. The van der Waals surface area contributed by atoms with Gasteiger partial charge in [0.2, 0.25) is 0 Å². The Labute approximate surface area is 101 Å². The zero-order chi connectivity index (χ0) is 11.8. The molecule has 5 nitrogen and oxygen atoms in total. The van der Waals surface area contributed by atoms with Crippen LogP contribution in [-0.4, -0.2) is 38.4 Å². The van der Waals surface area contributed by atoms with Crippen molar-refractivity contribution in [3.63, 3.8) is 0 Å². The van der Waals surface area contributed by atoms with E-state index in [0.29, 0.717) is 6.04 Å². The second kappa shape index (κ2) is 4.38. The van der Waals surface area contributed by atoms with Gasteiger partial charge in [0.1, 0.15) is 6.10 Å². The van der Waals surface area contributed by atoms with E-state index in [1.807, 2.05) is 4.68 Å². The molecule has 0 radical (unpaired) electrons. The van der Waals surface area contributed by atoms with Gasteiger partial charge in [0.05, 0.1) is 6.04 Å². The van der Waals surface area contributed by atoms with E-state index in [4.69, 9.17) is 0 Å². The molecule has 1 fully saturated rings. The van der Waals surface area contributed by atoms with Gasteiger partial charge < -0.3 is 5.11 Å². The van der Waals surface area contributed by atoms with Gasteiger partial charge in [0.25, 0.3) is 0 Å². The number of aliphatic hydroxyl groups is 1. The molecule has 3 rings (SSSR count). The molecule has 2 aliphatic rings. The monoisotopic (exact) mass is 236 g/mol. The zero-order valence-electron chi connectivity index (χ0n) is 10.3. The molecule has 2 atom stereocenters. The number of aliphatic hydroxyl groups excluding tert-OH is 1. The van der Waals surface area contributed by atoms with Crippen LogP contribution in [0.3, 0.4) is 0 Å². The maximum absolute atomic E-state index is 9.90. The van der Waals surface area contributed by atoms with Crippen molar-refractivity contribution in [1.29, 1.82) is 0 Å². The SMILES string of the molecule is CN1CCCCC1c1nc2n(n1)CCCC2O. The fraction of sp³-hybridized carbons (Fsp3) is 0.833. The van der Waals surface area contributed by atoms with Gasteiger partial charge in [-0.3, -0.25) is 4.90 Å².